The quantitative estimate of drug-likeness (QED) is 0.705. The van der Waals surface area contributed by atoms with Gasteiger partial charge in [0.2, 0.25) is 5.78 Å². The first-order valence-corrected chi connectivity index (χ1v) is 3.92. The molecule has 0 atom stereocenters. The largest absolute Gasteiger partial charge is 0.355 e. The molecule has 3 heteroatoms. The van der Waals surface area contributed by atoms with Gasteiger partial charge in [0, 0.05) is 16.8 Å². The summed E-state index contributed by atoms with van der Waals surface area (Å²) < 4.78 is 0. The minimum atomic E-state index is 0.0201. The number of rotatable bonds is 2. The average molecular weight is 180 g/mol. The zero-order valence-electron chi connectivity index (χ0n) is 6.17. The van der Waals surface area contributed by atoms with Crippen molar-refractivity contribution in [2.24, 2.45) is 0 Å². The molecule has 0 saturated carbocycles. The van der Waals surface area contributed by atoms with Crippen molar-refractivity contribution in [1.82, 2.24) is 5.32 Å². The molecule has 1 heterocycles. The molecule has 0 fully saturated rings. The Labute approximate surface area is 74.8 Å². The predicted octanol–water partition coefficient (Wildman–Crippen LogP) is 1.97. The van der Waals surface area contributed by atoms with Gasteiger partial charge in [0.1, 0.15) is 5.70 Å². The van der Waals surface area contributed by atoms with Crippen molar-refractivity contribution in [3.8, 4) is 0 Å². The van der Waals surface area contributed by atoms with E-state index in [-0.39, 0.29) is 5.78 Å². The smallest absolute Gasteiger partial charge is 0.210 e. The fourth-order valence-electron chi connectivity index (χ4n) is 0.924. The number of carbonyl (C=O) groups is 1. The molecule has 1 aliphatic heterocycles. The van der Waals surface area contributed by atoms with E-state index in [4.69, 9.17) is 11.6 Å². The molecule has 1 aromatic rings. The van der Waals surface area contributed by atoms with Gasteiger partial charge in [-0.2, -0.15) is 0 Å². The van der Waals surface area contributed by atoms with Gasteiger partial charge in [0.05, 0.1) is 0 Å². The van der Waals surface area contributed by atoms with E-state index in [1.807, 2.05) is 0 Å². The highest BCUT2D eigenvalue weighted by molar-refractivity contribution is 6.30. The number of halogens is 1. The number of Topliss-reactive ketones (excluding diaryl/α,β-unsaturated/α-hetero) is 1. The number of hydrogen-bond acceptors (Lipinski definition) is 2. The van der Waals surface area contributed by atoms with E-state index in [0.29, 0.717) is 16.3 Å². The minimum Gasteiger partial charge on any atom is -0.355 e. The third-order valence-electron chi connectivity index (χ3n) is 1.64. The normalized spacial score (nSPS) is 13.2. The minimum absolute atomic E-state index is 0.0201. The van der Waals surface area contributed by atoms with Crippen LogP contribution in [0.2, 0.25) is 5.02 Å². The van der Waals surface area contributed by atoms with E-state index in [2.05, 4.69) is 5.32 Å². The fraction of sp³-hybridized carbons (Fsp3) is 0. The molecule has 12 heavy (non-hydrogen) atoms. The third-order valence-corrected chi connectivity index (χ3v) is 1.89. The second-order valence-corrected chi connectivity index (χ2v) is 2.97. The first-order valence-electron chi connectivity index (χ1n) is 3.54. The second kappa shape index (κ2) is 2.64. The van der Waals surface area contributed by atoms with Crippen LogP contribution in [0.3, 0.4) is 0 Å². The lowest BCUT2D eigenvalue weighted by Crippen LogP contribution is -1.99. The van der Waals surface area contributed by atoms with E-state index >= 15 is 0 Å². The SMILES string of the molecule is O=C(C1=CN1)c1ccc(Cl)cc1. The summed E-state index contributed by atoms with van der Waals surface area (Å²) >= 11 is 5.67. The van der Waals surface area contributed by atoms with Gasteiger partial charge < -0.3 is 5.32 Å². The summed E-state index contributed by atoms with van der Waals surface area (Å²) in [6.07, 6.45) is 1.68. The van der Waals surface area contributed by atoms with Crippen LogP contribution in [-0.2, 0) is 0 Å². The molecule has 0 radical (unpaired) electrons. The Kier molecular flexibility index (Phi) is 1.62. The summed E-state index contributed by atoms with van der Waals surface area (Å²) in [4.78, 5) is 11.3. The fourth-order valence-corrected chi connectivity index (χ4v) is 1.05. The zero-order valence-corrected chi connectivity index (χ0v) is 6.93. The van der Waals surface area contributed by atoms with Gasteiger partial charge in [-0.3, -0.25) is 4.79 Å². The summed E-state index contributed by atoms with van der Waals surface area (Å²) in [5.41, 5.74) is 1.33. The third kappa shape index (κ3) is 1.34. The second-order valence-electron chi connectivity index (χ2n) is 2.54. The standard InChI is InChI=1S/C9H6ClNO/c10-7-3-1-6(2-4-7)9(12)8-5-11-8/h1-5,11H. The topological polar surface area (TPSA) is 39.0 Å². The van der Waals surface area contributed by atoms with Crippen molar-refractivity contribution < 1.29 is 4.79 Å². The van der Waals surface area contributed by atoms with E-state index in [9.17, 15) is 4.79 Å². The van der Waals surface area contributed by atoms with Crippen LogP contribution in [-0.4, -0.2) is 5.78 Å². The Morgan fingerprint density at radius 1 is 1.25 bits per heavy atom. The van der Waals surface area contributed by atoms with Gasteiger partial charge in [0.25, 0.3) is 0 Å². The maximum atomic E-state index is 11.3. The molecule has 0 unspecified atom stereocenters. The van der Waals surface area contributed by atoms with Crippen LogP contribution >= 0.6 is 11.6 Å². The monoisotopic (exact) mass is 179 g/mol. The van der Waals surface area contributed by atoms with Gasteiger partial charge in [-0.25, -0.2) is 0 Å². The van der Waals surface area contributed by atoms with E-state index < -0.39 is 0 Å². The van der Waals surface area contributed by atoms with Crippen molar-refractivity contribution in [2.75, 3.05) is 0 Å². The van der Waals surface area contributed by atoms with Crippen LogP contribution in [0.15, 0.2) is 36.2 Å². The number of nitrogens with one attached hydrogen (secondary N) is 1. The molecule has 1 aromatic carbocycles. The zero-order chi connectivity index (χ0) is 8.55. The number of benzene rings is 1. The van der Waals surface area contributed by atoms with Crippen molar-refractivity contribution >= 4 is 17.4 Å². The molecule has 2 rings (SSSR count). The molecule has 60 valence electrons. The molecule has 0 saturated heterocycles. The molecular weight excluding hydrogens is 174 g/mol. The molecule has 1 N–H and O–H groups in total. The summed E-state index contributed by atoms with van der Waals surface area (Å²) in [7, 11) is 0. The average Bonchev–Trinajstić information content (AvgIpc) is 2.87. The van der Waals surface area contributed by atoms with E-state index in [1.165, 1.54) is 0 Å². The lowest BCUT2D eigenvalue weighted by Gasteiger charge is -1.94. The van der Waals surface area contributed by atoms with E-state index in [1.54, 1.807) is 30.5 Å². The first-order chi connectivity index (χ1) is 5.77. The van der Waals surface area contributed by atoms with Crippen molar-refractivity contribution in [3.05, 3.63) is 46.7 Å². The molecular formula is C9H6ClNO. The summed E-state index contributed by atoms with van der Waals surface area (Å²) in [5, 5.41) is 3.40. The van der Waals surface area contributed by atoms with Gasteiger partial charge in [-0.15, -0.1) is 0 Å². The number of carbonyl (C=O) groups excluding carboxylic acids is 1. The lowest BCUT2D eigenvalue weighted by atomic mass is 10.1. The highest BCUT2D eigenvalue weighted by Crippen LogP contribution is 2.15. The van der Waals surface area contributed by atoms with Gasteiger partial charge in [-0.1, -0.05) is 11.6 Å². The maximum absolute atomic E-state index is 11.3. The molecule has 2 nitrogen and oxygen atoms in total. The molecule has 0 aromatic heterocycles. The van der Waals surface area contributed by atoms with Gasteiger partial charge in [0.15, 0.2) is 0 Å². The summed E-state index contributed by atoms with van der Waals surface area (Å²) in [6, 6.07) is 6.84. The summed E-state index contributed by atoms with van der Waals surface area (Å²) in [6.45, 7) is 0. The van der Waals surface area contributed by atoms with Crippen LogP contribution in [0, 0.1) is 0 Å². The molecule has 0 amide bonds. The Hall–Kier alpha value is -1.28. The Bertz CT molecular complexity index is 353. The maximum Gasteiger partial charge on any atom is 0.210 e. The Morgan fingerprint density at radius 3 is 2.33 bits per heavy atom. The summed E-state index contributed by atoms with van der Waals surface area (Å²) in [5.74, 6) is 0.0201. The number of allylic oxidation sites excluding steroid dienone is 1. The van der Waals surface area contributed by atoms with Gasteiger partial charge in [-0.05, 0) is 24.3 Å². The molecule has 0 aliphatic carbocycles. The highest BCUT2D eigenvalue weighted by Gasteiger charge is 2.17. The predicted molar refractivity (Wildman–Crippen MR) is 47.0 cm³/mol. The van der Waals surface area contributed by atoms with Crippen LogP contribution in [0.1, 0.15) is 10.4 Å². The Morgan fingerprint density at radius 2 is 1.83 bits per heavy atom. The molecule has 1 aliphatic rings. The number of hydrogen-bond donors (Lipinski definition) is 1. The van der Waals surface area contributed by atoms with Gasteiger partial charge >= 0.3 is 0 Å². The van der Waals surface area contributed by atoms with Crippen LogP contribution in [0.4, 0.5) is 0 Å². The van der Waals surface area contributed by atoms with E-state index in [0.717, 1.165) is 0 Å². The first kappa shape index (κ1) is 7.37. The van der Waals surface area contributed by atoms with Crippen LogP contribution in [0.25, 0.3) is 0 Å². The Balaban J connectivity index is 2.28. The van der Waals surface area contributed by atoms with Crippen molar-refractivity contribution in [1.29, 1.82) is 0 Å². The van der Waals surface area contributed by atoms with Crippen LogP contribution < -0.4 is 5.32 Å². The molecule has 0 spiro atoms. The van der Waals surface area contributed by atoms with Crippen molar-refractivity contribution in [2.45, 2.75) is 0 Å². The number of ketones is 1. The lowest BCUT2D eigenvalue weighted by molar-refractivity contribution is 0.103. The van der Waals surface area contributed by atoms with Crippen LogP contribution in [0.5, 0.6) is 0 Å². The molecule has 0 bridgehead atoms. The highest BCUT2D eigenvalue weighted by atomic mass is 35.5. The van der Waals surface area contributed by atoms with Crippen molar-refractivity contribution in [3.63, 3.8) is 0 Å².